The minimum atomic E-state index is -2.55. The topological polar surface area (TPSA) is 55.2 Å². The highest BCUT2D eigenvalue weighted by molar-refractivity contribution is 5.50. The highest BCUT2D eigenvalue weighted by Crippen LogP contribution is 2.22. The molecule has 0 aromatic heterocycles. The first kappa shape index (κ1) is 14.8. The van der Waals surface area contributed by atoms with E-state index in [1.165, 1.54) is 24.3 Å². The summed E-state index contributed by atoms with van der Waals surface area (Å²) in [5.74, 6) is -0.952. The second kappa shape index (κ2) is 6.25. The van der Waals surface area contributed by atoms with Crippen molar-refractivity contribution in [1.29, 1.82) is 0 Å². The number of nitrogens with zero attached hydrogens (tertiary/aromatic N) is 1. The van der Waals surface area contributed by atoms with E-state index in [0.717, 1.165) is 12.1 Å². The number of benzene rings is 2. The molecule has 7 heteroatoms. The van der Waals surface area contributed by atoms with Gasteiger partial charge in [-0.05, 0) is 17.7 Å². The number of halogens is 3. The van der Waals surface area contributed by atoms with Gasteiger partial charge in [-0.2, -0.15) is 4.39 Å². The first-order valence-electron chi connectivity index (χ1n) is 6.02. The lowest BCUT2D eigenvalue weighted by molar-refractivity contribution is -0.387. The van der Waals surface area contributed by atoms with E-state index in [9.17, 15) is 23.3 Å². The summed E-state index contributed by atoms with van der Waals surface area (Å²) >= 11 is 0. The molecule has 0 saturated carbocycles. The van der Waals surface area contributed by atoms with Crippen LogP contribution in [0.3, 0.4) is 0 Å². The van der Waals surface area contributed by atoms with E-state index >= 15 is 0 Å². The average molecular weight is 296 g/mol. The molecule has 0 aliphatic carbocycles. The van der Waals surface area contributed by atoms with Crippen molar-refractivity contribution >= 4 is 11.4 Å². The lowest BCUT2D eigenvalue weighted by atomic mass is 10.1. The number of anilines is 1. The van der Waals surface area contributed by atoms with Crippen molar-refractivity contribution in [3.63, 3.8) is 0 Å². The zero-order chi connectivity index (χ0) is 15.4. The van der Waals surface area contributed by atoms with Crippen LogP contribution in [0.2, 0.25) is 0 Å². The van der Waals surface area contributed by atoms with Gasteiger partial charge in [-0.1, -0.05) is 18.2 Å². The molecule has 1 N–H and O–H groups in total. The Morgan fingerprint density at radius 3 is 2.57 bits per heavy atom. The fraction of sp³-hybridized carbons (Fsp3) is 0.143. The van der Waals surface area contributed by atoms with Gasteiger partial charge in [0.1, 0.15) is 0 Å². The van der Waals surface area contributed by atoms with Gasteiger partial charge in [0.25, 0.3) is 6.43 Å². The average Bonchev–Trinajstić information content (AvgIpc) is 2.45. The molecule has 0 radical (unpaired) electrons. The van der Waals surface area contributed by atoms with Crippen LogP contribution >= 0.6 is 0 Å². The number of nitro benzene ring substituents is 1. The minimum absolute atomic E-state index is 0.0934. The molecule has 0 spiro atoms. The maximum Gasteiger partial charge on any atom is 0.304 e. The predicted octanol–water partition coefficient (Wildman–Crippen LogP) is 4.28. The predicted molar refractivity (Wildman–Crippen MR) is 71.8 cm³/mol. The van der Waals surface area contributed by atoms with Gasteiger partial charge >= 0.3 is 5.69 Å². The molecule has 0 heterocycles. The fourth-order valence-corrected chi connectivity index (χ4v) is 1.81. The van der Waals surface area contributed by atoms with Crippen LogP contribution in [-0.4, -0.2) is 4.92 Å². The summed E-state index contributed by atoms with van der Waals surface area (Å²) in [6.07, 6.45) is -2.55. The zero-order valence-electron chi connectivity index (χ0n) is 10.7. The summed E-state index contributed by atoms with van der Waals surface area (Å²) in [7, 11) is 0. The Hall–Kier alpha value is -2.57. The molecule has 21 heavy (non-hydrogen) atoms. The molecule has 4 nitrogen and oxygen atoms in total. The molecular formula is C14H11F3N2O2. The first-order chi connectivity index (χ1) is 9.97. The normalized spacial score (nSPS) is 10.7. The van der Waals surface area contributed by atoms with Crippen molar-refractivity contribution in [2.24, 2.45) is 0 Å². The van der Waals surface area contributed by atoms with Crippen LogP contribution in [0.15, 0.2) is 42.5 Å². The number of hydrogen-bond acceptors (Lipinski definition) is 3. The molecule has 0 fully saturated rings. The Morgan fingerprint density at radius 2 is 1.95 bits per heavy atom. The Labute approximate surface area is 118 Å². The van der Waals surface area contributed by atoms with Crippen LogP contribution in [-0.2, 0) is 6.54 Å². The zero-order valence-corrected chi connectivity index (χ0v) is 10.7. The van der Waals surface area contributed by atoms with Crippen molar-refractivity contribution in [1.82, 2.24) is 0 Å². The standard InChI is InChI=1S/C14H11F3N2O2/c15-12-7-11(4-5-13(12)19(20)21)18-8-9-2-1-3-10(6-9)14(16)17/h1-7,14,18H,8H2. The Balaban J connectivity index is 2.08. The van der Waals surface area contributed by atoms with Gasteiger partial charge in [0.05, 0.1) is 4.92 Å². The van der Waals surface area contributed by atoms with Crippen LogP contribution in [0.25, 0.3) is 0 Å². The van der Waals surface area contributed by atoms with Gasteiger partial charge in [0.2, 0.25) is 5.82 Å². The number of nitrogens with one attached hydrogen (secondary N) is 1. The maximum atomic E-state index is 13.4. The van der Waals surface area contributed by atoms with Crippen LogP contribution in [0.1, 0.15) is 17.6 Å². The monoisotopic (exact) mass is 296 g/mol. The SMILES string of the molecule is O=[N+]([O-])c1ccc(NCc2cccc(C(F)F)c2)cc1F. The molecule has 0 unspecified atom stereocenters. The Morgan fingerprint density at radius 1 is 1.19 bits per heavy atom. The third kappa shape index (κ3) is 3.71. The van der Waals surface area contributed by atoms with Gasteiger partial charge in [-0.25, -0.2) is 8.78 Å². The molecule has 0 aliphatic heterocycles. The Bertz CT molecular complexity index is 662. The van der Waals surface area contributed by atoms with E-state index in [1.54, 1.807) is 6.07 Å². The molecular weight excluding hydrogens is 285 g/mol. The number of hydrogen-bond donors (Lipinski definition) is 1. The molecule has 2 rings (SSSR count). The van der Waals surface area contributed by atoms with E-state index in [0.29, 0.717) is 11.3 Å². The summed E-state index contributed by atoms with van der Waals surface area (Å²) in [5, 5.41) is 13.3. The van der Waals surface area contributed by atoms with Gasteiger partial charge in [-0.3, -0.25) is 10.1 Å². The molecule has 2 aromatic rings. The third-order valence-corrected chi connectivity index (χ3v) is 2.84. The van der Waals surface area contributed by atoms with Crippen LogP contribution in [0.4, 0.5) is 24.5 Å². The van der Waals surface area contributed by atoms with E-state index in [-0.39, 0.29) is 12.1 Å². The van der Waals surface area contributed by atoms with Crippen LogP contribution in [0.5, 0.6) is 0 Å². The van der Waals surface area contributed by atoms with Crippen molar-refractivity contribution in [2.75, 3.05) is 5.32 Å². The fourth-order valence-electron chi connectivity index (χ4n) is 1.81. The van der Waals surface area contributed by atoms with Gasteiger partial charge in [-0.15, -0.1) is 0 Å². The van der Waals surface area contributed by atoms with Gasteiger partial charge in [0.15, 0.2) is 0 Å². The van der Waals surface area contributed by atoms with Crippen LogP contribution < -0.4 is 5.32 Å². The van der Waals surface area contributed by atoms with Crippen molar-refractivity contribution in [2.45, 2.75) is 13.0 Å². The molecule has 110 valence electrons. The highest BCUT2D eigenvalue weighted by Gasteiger charge is 2.13. The van der Waals surface area contributed by atoms with Gasteiger partial charge < -0.3 is 5.32 Å². The molecule has 0 saturated heterocycles. The summed E-state index contributed by atoms with van der Waals surface area (Å²) in [6, 6.07) is 9.23. The second-order valence-corrected chi connectivity index (χ2v) is 4.32. The van der Waals surface area contributed by atoms with Crippen molar-refractivity contribution < 1.29 is 18.1 Å². The molecule has 0 amide bonds. The highest BCUT2D eigenvalue weighted by atomic mass is 19.3. The smallest absolute Gasteiger partial charge is 0.304 e. The van der Waals surface area contributed by atoms with Gasteiger partial charge in [0, 0.05) is 29.9 Å². The Kier molecular flexibility index (Phi) is 4.42. The molecule has 0 aliphatic rings. The summed E-state index contributed by atoms with van der Waals surface area (Å²) < 4.78 is 38.5. The molecule has 0 bridgehead atoms. The number of rotatable bonds is 5. The van der Waals surface area contributed by atoms with E-state index in [1.807, 2.05) is 0 Å². The number of alkyl halides is 2. The molecule has 2 aromatic carbocycles. The second-order valence-electron chi connectivity index (χ2n) is 4.32. The third-order valence-electron chi connectivity index (χ3n) is 2.84. The largest absolute Gasteiger partial charge is 0.381 e. The number of nitro groups is 1. The lowest BCUT2D eigenvalue weighted by Gasteiger charge is -2.08. The van der Waals surface area contributed by atoms with E-state index in [2.05, 4.69) is 5.32 Å². The van der Waals surface area contributed by atoms with Crippen molar-refractivity contribution in [3.8, 4) is 0 Å². The van der Waals surface area contributed by atoms with E-state index in [4.69, 9.17) is 0 Å². The summed E-state index contributed by atoms with van der Waals surface area (Å²) in [4.78, 5) is 9.67. The minimum Gasteiger partial charge on any atom is -0.381 e. The van der Waals surface area contributed by atoms with Crippen molar-refractivity contribution in [3.05, 3.63) is 69.5 Å². The molecule has 0 atom stereocenters. The maximum absolute atomic E-state index is 13.4. The van der Waals surface area contributed by atoms with E-state index < -0.39 is 22.9 Å². The summed E-state index contributed by atoms with van der Waals surface area (Å²) in [6.45, 7) is 0.206. The lowest BCUT2D eigenvalue weighted by Crippen LogP contribution is -2.01. The quantitative estimate of drug-likeness (QED) is 0.661. The first-order valence-corrected chi connectivity index (χ1v) is 6.02. The van der Waals surface area contributed by atoms with Crippen LogP contribution in [0, 0.1) is 15.9 Å². The summed E-state index contributed by atoms with van der Waals surface area (Å²) in [5.41, 5.74) is 0.233.